The second-order valence-electron chi connectivity index (χ2n) is 4.07. The molecule has 0 aliphatic rings. The number of primary sulfonamides is 1. The molecule has 1 heterocycles. The van der Waals surface area contributed by atoms with Crippen molar-refractivity contribution in [2.24, 2.45) is 5.14 Å². The Morgan fingerprint density at radius 2 is 1.71 bits per heavy atom. The average molecular weight is 329 g/mol. The second-order valence-corrected chi connectivity index (χ2v) is 7.31. The van der Waals surface area contributed by atoms with E-state index in [1.807, 2.05) is 0 Å². The van der Waals surface area contributed by atoms with Crippen molar-refractivity contribution in [3.05, 3.63) is 52.9 Å². The van der Waals surface area contributed by atoms with Crippen LogP contribution in [0.2, 0.25) is 0 Å². The Bertz CT molecular complexity index is 912. The van der Waals surface area contributed by atoms with E-state index in [-0.39, 0.29) is 15.5 Å². The van der Waals surface area contributed by atoms with Crippen molar-refractivity contribution < 1.29 is 16.8 Å². The number of rotatable bonds is 4. The van der Waals surface area contributed by atoms with Crippen molar-refractivity contribution >= 4 is 25.7 Å². The lowest BCUT2D eigenvalue weighted by Crippen LogP contribution is -2.16. The van der Waals surface area contributed by atoms with Gasteiger partial charge in [0.05, 0.1) is 10.6 Å². The molecule has 4 N–H and O–H groups in total. The van der Waals surface area contributed by atoms with Gasteiger partial charge in [-0.2, -0.15) is 0 Å². The molecule has 0 radical (unpaired) electrons. The van der Waals surface area contributed by atoms with Gasteiger partial charge in [-0.05, 0) is 24.3 Å². The minimum atomic E-state index is -3.95. The van der Waals surface area contributed by atoms with Crippen molar-refractivity contribution in [3.8, 4) is 0 Å². The van der Waals surface area contributed by atoms with Crippen molar-refractivity contribution in [2.75, 3.05) is 4.72 Å². The van der Waals surface area contributed by atoms with E-state index in [0.29, 0.717) is 0 Å². The minimum absolute atomic E-state index is 0.0349. The van der Waals surface area contributed by atoms with Crippen LogP contribution in [0.3, 0.4) is 0 Å². The molecule has 0 saturated carbocycles. The summed E-state index contributed by atoms with van der Waals surface area (Å²) in [5, 5.41) is 4.97. The highest BCUT2D eigenvalue weighted by Gasteiger charge is 2.15. The molecule has 0 aliphatic carbocycles. The van der Waals surface area contributed by atoms with Gasteiger partial charge in [0.25, 0.3) is 10.0 Å². The lowest BCUT2D eigenvalue weighted by Gasteiger charge is -2.08. The second kappa shape index (κ2) is 5.31. The first kappa shape index (κ1) is 15.2. The van der Waals surface area contributed by atoms with E-state index in [1.54, 1.807) is 0 Å². The van der Waals surface area contributed by atoms with Crippen LogP contribution in [-0.2, 0) is 20.0 Å². The number of H-pyrrole nitrogens is 1. The summed E-state index contributed by atoms with van der Waals surface area (Å²) in [6.07, 6.45) is 1.04. The van der Waals surface area contributed by atoms with Gasteiger partial charge in [-0.1, -0.05) is 6.07 Å². The van der Waals surface area contributed by atoms with Crippen LogP contribution in [0.4, 0.5) is 5.69 Å². The summed E-state index contributed by atoms with van der Waals surface area (Å²) in [6.45, 7) is 0. The number of nitrogens with two attached hydrogens (primary N) is 1. The summed E-state index contributed by atoms with van der Waals surface area (Å²) in [4.78, 5) is 12.8. The molecule has 1 aromatic heterocycles. The molecule has 0 saturated heterocycles. The highest BCUT2D eigenvalue weighted by atomic mass is 32.2. The molecule has 0 aliphatic heterocycles. The van der Waals surface area contributed by atoms with Gasteiger partial charge < -0.3 is 4.98 Å². The first-order valence-electron chi connectivity index (χ1n) is 5.53. The third kappa shape index (κ3) is 3.68. The van der Waals surface area contributed by atoms with Gasteiger partial charge in [0.2, 0.25) is 15.6 Å². The number of benzene rings is 1. The van der Waals surface area contributed by atoms with Gasteiger partial charge in [0.1, 0.15) is 4.90 Å². The molecular formula is C11H11N3O5S2. The number of sulfonamides is 2. The number of aromatic amines is 1. The summed E-state index contributed by atoms with van der Waals surface area (Å²) in [5.41, 5.74) is -0.405. The first-order valence-corrected chi connectivity index (χ1v) is 8.56. The third-order valence-electron chi connectivity index (χ3n) is 2.48. The highest BCUT2D eigenvalue weighted by molar-refractivity contribution is 7.92. The van der Waals surface area contributed by atoms with E-state index in [0.717, 1.165) is 24.4 Å². The average Bonchev–Trinajstić information content (AvgIpc) is 2.38. The van der Waals surface area contributed by atoms with E-state index in [4.69, 9.17) is 5.14 Å². The number of anilines is 1. The lowest BCUT2D eigenvalue weighted by atomic mass is 10.3. The number of aromatic nitrogens is 1. The lowest BCUT2D eigenvalue weighted by molar-refractivity contribution is 0.596. The molecule has 0 fully saturated rings. The molecule has 1 aromatic carbocycles. The Hall–Kier alpha value is -2.17. The molecule has 2 aromatic rings. The number of hydrogen-bond acceptors (Lipinski definition) is 5. The van der Waals surface area contributed by atoms with E-state index < -0.39 is 25.6 Å². The summed E-state index contributed by atoms with van der Waals surface area (Å²) < 4.78 is 48.8. The van der Waals surface area contributed by atoms with Gasteiger partial charge in [-0.3, -0.25) is 9.52 Å². The fourth-order valence-electron chi connectivity index (χ4n) is 1.51. The normalized spacial score (nSPS) is 12.0. The SMILES string of the molecule is NS(=O)(=O)c1cccc(NS(=O)(=O)c2ccc(=O)[nH]c2)c1. The van der Waals surface area contributed by atoms with Crippen molar-refractivity contribution in [3.63, 3.8) is 0 Å². The summed E-state index contributed by atoms with van der Waals surface area (Å²) in [6, 6.07) is 7.26. The maximum Gasteiger partial charge on any atom is 0.263 e. The zero-order valence-electron chi connectivity index (χ0n) is 10.5. The van der Waals surface area contributed by atoms with Crippen LogP contribution >= 0.6 is 0 Å². The molecule has 0 bridgehead atoms. The van der Waals surface area contributed by atoms with Crippen LogP contribution in [0, 0.1) is 0 Å². The predicted molar refractivity (Wildman–Crippen MR) is 75.7 cm³/mol. The number of nitrogens with one attached hydrogen (secondary N) is 2. The topological polar surface area (TPSA) is 139 Å². The van der Waals surface area contributed by atoms with Gasteiger partial charge in [-0.15, -0.1) is 0 Å². The van der Waals surface area contributed by atoms with Gasteiger partial charge in [0.15, 0.2) is 0 Å². The molecule has 0 spiro atoms. The smallest absolute Gasteiger partial charge is 0.263 e. The number of pyridine rings is 1. The van der Waals surface area contributed by atoms with Crippen LogP contribution in [-0.4, -0.2) is 21.8 Å². The Morgan fingerprint density at radius 1 is 1.00 bits per heavy atom. The van der Waals surface area contributed by atoms with E-state index in [1.165, 1.54) is 18.2 Å². The maximum atomic E-state index is 12.1. The van der Waals surface area contributed by atoms with E-state index in [2.05, 4.69) is 9.71 Å². The quantitative estimate of drug-likeness (QED) is 0.714. The molecular weight excluding hydrogens is 318 g/mol. The van der Waals surface area contributed by atoms with Crippen LogP contribution in [0.25, 0.3) is 0 Å². The molecule has 0 amide bonds. The molecule has 0 atom stereocenters. The zero-order chi connectivity index (χ0) is 15.7. The standard InChI is InChI=1S/C11H11N3O5S2/c12-20(16,17)9-3-1-2-8(6-9)14-21(18,19)10-4-5-11(15)13-7-10/h1-7,14H,(H,13,15)(H2,12,16,17). The summed E-state index contributed by atoms with van der Waals surface area (Å²) in [7, 11) is -7.88. The Kier molecular flexibility index (Phi) is 3.85. The van der Waals surface area contributed by atoms with Crippen molar-refractivity contribution in [1.29, 1.82) is 0 Å². The van der Waals surface area contributed by atoms with E-state index >= 15 is 0 Å². The first-order chi connectivity index (χ1) is 9.68. The summed E-state index contributed by atoms with van der Waals surface area (Å²) >= 11 is 0. The molecule has 21 heavy (non-hydrogen) atoms. The minimum Gasteiger partial charge on any atom is -0.328 e. The van der Waals surface area contributed by atoms with Crippen LogP contribution in [0.1, 0.15) is 0 Å². The Morgan fingerprint density at radius 3 is 2.29 bits per heavy atom. The van der Waals surface area contributed by atoms with Crippen molar-refractivity contribution in [1.82, 2.24) is 4.98 Å². The fraction of sp³-hybridized carbons (Fsp3) is 0. The Labute approximate surface area is 120 Å². The van der Waals surface area contributed by atoms with Gasteiger partial charge >= 0.3 is 0 Å². The predicted octanol–water partition coefficient (Wildman–Crippen LogP) is -0.177. The fourth-order valence-corrected chi connectivity index (χ4v) is 3.09. The molecule has 2 rings (SSSR count). The van der Waals surface area contributed by atoms with Crippen molar-refractivity contribution in [2.45, 2.75) is 9.79 Å². The van der Waals surface area contributed by atoms with Crippen LogP contribution in [0.15, 0.2) is 57.2 Å². The van der Waals surface area contributed by atoms with Crippen LogP contribution in [0.5, 0.6) is 0 Å². The summed E-state index contributed by atoms with van der Waals surface area (Å²) in [5.74, 6) is 0. The molecule has 8 nitrogen and oxygen atoms in total. The Balaban J connectivity index is 2.37. The number of hydrogen-bond donors (Lipinski definition) is 3. The third-order valence-corrected chi connectivity index (χ3v) is 4.77. The molecule has 0 unspecified atom stereocenters. The molecule has 112 valence electrons. The van der Waals surface area contributed by atoms with Gasteiger partial charge in [0, 0.05) is 12.3 Å². The van der Waals surface area contributed by atoms with Gasteiger partial charge in [-0.25, -0.2) is 22.0 Å². The highest BCUT2D eigenvalue weighted by Crippen LogP contribution is 2.18. The maximum absolute atomic E-state index is 12.1. The monoisotopic (exact) mass is 329 g/mol. The molecule has 10 heteroatoms. The largest absolute Gasteiger partial charge is 0.328 e. The van der Waals surface area contributed by atoms with Crippen LogP contribution < -0.4 is 15.4 Å². The van der Waals surface area contributed by atoms with E-state index in [9.17, 15) is 21.6 Å². The zero-order valence-corrected chi connectivity index (χ0v) is 12.1.